The normalized spacial score (nSPS) is 17.9. The number of halogens is 1. The molecule has 0 aromatic heterocycles. The van der Waals surface area contributed by atoms with Gasteiger partial charge in [-0.1, -0.05) is 24.8 Å². The highest BCUT2D eigenvalue weighted by molar-refractivity contribution is 6.46. The van der Waals surface area contributed by atoms with Crippen LogP contribution in [0.4, 0.5) is 4.39 Å². The Hall–Kier alpha value is -3.45. The first kappa shape index (κ1) is 22.2. The lowest BCUT2D eigenvalue weighted by atomic mass is 9.95. The topological polar surface area (TPSA) is 70.1 Å². The molecule has 162 valence electrons. The zero-order valence-corrected chi connectivity index (χ0v) is 17.5. The first-order valence-electron chi connectivity index (χ1n) is 9.86. The van der Waals surface area contributed by atoms with Crippen LogP contribution in [0.25, 0.3) is 5.76 Å². The van der Waals surface area contributed by atoms with Gasteiger partial charge in [-0.15, -0.1) is 0 Å². The number of likely N-dealkylation sites (N-methyl/N-ethyl adjacent to an activating group) is 1. The average molecular weight is 424 g/mol. The van der Waals surface area contributed by atoms with Gasteiger partial charge in [-0.3, -0.25) is 9.59 Å². The van der Waals surface area contributed by atoms with Crippen LogP contribution in [0.2, 0.25) is 0 Å². The summed E-state index contributed by atoms with van der Waals surface area (Å²) in [6.45, 7) is 4.74. The smallest absolute Gasteiger partial charge is 0.295 e. The molecule has 0 aliphatic carbocycles. The Morgan fingerprint density at radius 2 is 1.81 bits per heavy atom. The minimum absolute atomic E-state index is 0.0184. The number of carbonyl (C=O) groups is 2. The first-order chi connectivity index (χ1) is 14.8. The monoisotopic (exact) mass is 424 g/mol. The largest absolute Gasteiger partial charge is 0.507 e. The van der Waals surface area contributed by atoms with E-state index in [0.29, 0.717) is 30.0 Å². The molecule has 1 aliphatic heterocycles. The van der Waals surface area contributed by atoms with Crippen LogP contribution >= 0.6 is 0 Å². The van der Waals surface area contributed by atoms with E-state index in [-0.39, 0.29) is 17.9 Å². The quantitative estimate of drug-likeness (QED) is 0.305. The summed E-state index contributed by atoms with van der Waals surface area (Å²) in [6.07, 6.45) is 1.62. The molecule has 1 fully saturated rings. The molecule has 0 bridgehead atoms. The second-order valence-electron chi connectivity index (χ2n) is 7.47. The van der Waals surface area contributed by atoms with Crippen molar-refractivity contribution >= 4 is 17.4 Å². The highest BCUT2D eigenvalue weighted by atomic mass is 19.1. The summed E-state index contributed by atoms with van der Waals surface area (Å²) in [5.41, 5.74) is 0.908. The molecule has 2 aromatic rings. The summed E-state index contributed by atoms with van der Waals surface area (Å²) in [7, 11) is 3.72. The van der Waals surface area contributed by atoms with Crippen molar-refractivity contribution in [2.45, 2.75) is 6.04 Å². The molecule has 1 atom stereocenters. The summed E-state index contributed by atoms with van der Waals surface area (Å²) in [5, 5.41) is 11.0. The summed E-state index contributed by atoms with van der Waals surface area (Å²) < 4.78 is 18.9. The highest BCUT2D eigenvalue weighted by Crippen LogP contribution is 2.39. The maximum Gasteiger partial charge on any atom is 0.295 e. The van der Waals surface area contributed by atoms with Crippen LogP contribution in [0.1, 0.15) is 17.2 Å². The maximum absolute atomic E-state index is 13.5. The number of hydrogen-bond acceptors (Lipinski definition) is 5. The second kappa shape index (κ2) is 9.57. The standard InChI is InChI=1S/C24H25FN2O4/c1-4-15-31-19-11-7-17(8-12-19)22(28)20-21(16-5-9-18(25)10-6-16)27(14-13-26(2)3)24(30)23(20)29/h4-12,21,28H,1,13-15H2,2-3H3/b22-20+/t21-/m0/s1. The van der Waals surface area contributed by atoms with E-state index in [2.05, 4.69) is 6.58 Å². The van der Waals surface area contributed by atoms with Crippen LogP contribution in [0.3, 0.4) is 0 Å². The third kappa shape index (κ3) is 4.83. The molecule has 0 radical (unpaired) electrons. The molecule has 0 saturated carbocycles. The number of hydrogen-bond donors (Lipinski definition) is 1. The minimum atomic E-state index is -0.808. The number of carbonyl (C=O) groups excluding carboxylic acids is 2. The highest BCUT2D eigenvalue weighted by Gasteiger charge is 2.45. The lowest BCUT2D eigenvalue weighted by Gasteiger charge is -2.26. The summed E-state index contributed by atoms with van der Waals surface area (Å²) in [6, 6.07) is 11.3. The zero-order valence-electron chi connectivity index (χ0n) is 17.5. The number of ketones is 1. The lowest BCUT2D eigenvalue weighted by Crippen LogP contribution is -2.35. The van der Waals surface area contributed by atoms with Crippen molar-refractivity contribution in [2.24, 2.45) is 0 Å². The predicted molar refractivity (Wildman–Crippen MR) is 116 cm³/mol. The number of nitrogens with zero attached hydrogens (tertiary/aromatic N) is 2. The second-order valence-corrected chi connectivity index (χ2v) is 7.47. The van der Waals surface area contributed by atoms with Crippen molar-refractivity contribution in [3.8, 4) is 5.75 Å². The molecule has 1 saturated heterocycles. The third-order valence-electron chi connectivity index (χ3n) is 5.01. The van der Waals surface area contributed by atoms with Crippen LogP contribution in [0.15, 0.2) is 66.8 Å². The van der Waals surface area contributed by atoms with Crippen LogP contribution < -0.4 is 4.74 Å². The van der Waals surface area contributed by atoms with Crippen LogP contribution in [0.5, 0.6) is 5.75 Å². The number of Topliss-reactive ketones (excluding diaryl/α,β-unsaturated/α-hetero) is 1. The number of amides is 1. The van der Waals surface area contributed by atoms with Crippen molar-refractivity contribution in [1.29, 1.82) is 0 Å². The van der Waals surface area contributed by atoms with E-state index in [1.54, 1.807) is 30.3 Å². The lowest BCUT2D eigenvalue weighted by molar-refractivity contribution is -0.140. The molecule has 1 amide bonds. The molecular weight excluding hydrogens is 399 g/mol. The molecule has 31 heavy (non-hydrogen) atoms. The fourth-order valence-corrected chi connectivity index (χ4v) is 3.43. The van der Waals surface area contributed by atoms with E-state index in [4.69, 9.17) is 4.74 Å². The molecular formula is C24H25FN2O4. The van der Waals surface area contributed by atoms with E-state index in [9.17, 15) is 19.1 Å². The molecule has 2 aromatic carbocycles. The van der Waals surface area contributed by atoms with Crippen molar-refractivity contribution in [1.82, 2.24) is 9.80 Å². The van der Waals surface area contributed by atoms with Gasteiger partial charge in [0.2, 0.25) is 0 Å². The Bertz CT molecular complexity index is 997. The van der Waals surface area contributed by atoms with Crippen molar-refractivity contribution < 1.29 is 23.8 Å². The fraction of sp³-hybridized carbons (Fsp3) is 0.250. The Labute approximate surface area is 180 Å². The Balaban J connectivity index is 2.05. The molecule has 7 heteroatoms. The van der Waals surface area contributed by atoms with Gasteiger partial charge in [-0.05, 0) is 56.1 Å². The summed E-state index contributed by atoms with van der Waals surface area (Å²) in [4.78, 5) is 29.0. The van der Waals surface area contributed by atoms with Crippen molar-refractivity contribution in [3.63, 3.8) is 0 Å². The molecule has 6 nitrogen and oxygen atoms in total. The number of likely N-dealkylation sites (tertiary alicyclic amines) is 1. The number of benzene rings is 2. The van der Waals surface area contributed by atoms with Crippen LogP contribution in [-0.2, 0) is 9.59 Å². The van der Waals surface area contributed by atoms with Gasteiger partial charge < -0.3 is 19.6 Å². The Morgan fingerprint density at radius 3 is 2.39 bits per heavy atom. The summed E-state index contributed by atoms with van der Waals surface area (Å²) in [5.74, 6) is -1.58. The zero-order chi connectivity index (χ0) is 22.5. The molecule has 0 unspecified atom stereocenters. The predicted octanol–water partition coefficient (Wildman–Crippen LogP) is 3.37. The third-order valence-corrected chi connectivity index (χ3v) is 5.01. The van der Waals surface area contributed by atoms with E-state index in [1.807, 2.05) is 19.0 Å². The van der Waals surface area contributed by atoms with E-state index in [0.717, 1.165) is 0 Å². The fourth-order valence-electron chi connectivity index (χ4n) is 3.43. The van der Waals surface area contributed by atoms with Gasteiger partial charge in [0.15, 0.2) is 0 Å². The van der Waals surface area contributed by atoms with E-state index in [1.165, 1.54) is 29.2 Å². The van der Waals surface area contributed by atoms with Gasteiger partial charge in [0.1, 0.15) is 23.9 Å². The molecule has 3 rings (SSSR count). The van der Waals surface area contributed by atoms with Crippen molar-refractivity contribution in [2.75, 3.05) is 33.8 Å². The van der Waals surface area contributed by atoms with E-state index >= 15 is 0 Å². The van der Waals surface area contributed by atoms with Gasteiger partial charge in [0, 0.05) is 18.7 Å². The van der Waals surface area contributed by atoms with Crippen molar-refractivity contribution in [3.05, 3.63) is 83.7 Å². The van der Waals surface area contributed by atoms with Gasteiger partial charge >= 0.3 is 0 Å². The van der Waals surface area contributed by atoms with Gasteiger partial charge in [0.05, 0.1) is 11.6 Å². The molecule has 1 heterocycles. The minimum Gasteiger partial charge on any atom is -0.507 e. The van der Waals surface area contributed by atoms with Crippen LogP contribution in [0, 0.1) is 5.82 Å². The van der Waals surface area contributed by atoms with E-state index < -0.39 is 23.5 Å². The van der Waals surface area contributed by atoms with Gasteiger partial charge in [-0.2, -0.15) is 0 Å². The SMILES string of the molecule is C=CCOc1ccc(/C(O)=C2\C(=O)C(=O)N(CCN(C)C)[C@H]2c2ccc(F)cc2)cc1. The number of aliphatic hydroxyl groups excluding tert-OH is 1. The number of ether oxygens (including phenoxy) is 1. The van der Waals surface area contributed by atoms with Gasteiger partial charge in [0.25, 0.3) is 11.7 Å². The number of aliphatic hydroxyl groups is 1. The first-order valence-corrected chi connectivity index (χ1v) is 9.86. The number of rotatable bonds is 8. The molecule has 0 spiro atoms. The van der Waals surface area contributed by atoms with Crippen LogP contribution in [-0.4, -0.2) is 60.4 Å². The molecule has 1 N–H and O–H groups in total. The average Bonchev–Trinajstić information content (AvgIpc) is 3.01. The Morgan fingerprint density at radius 1 is 1.16 bits per heavy atom. The molecule has 1 aliphatic rings. The Kier molecular flexibility index (Phi) is 6.87. The maximum atomic E-state index is 13.5. The van der Waals surface area contributed by atoms with Gasteiger partial charge in [-0.25, -0.2) is 4.39 Å². The summed E-state index contributed by atoms with van der Waals surface area (Å²) >= 11 is 0.